The Morgan fingerprint density at radius 2 is 1.19 bits per heavy atom. The molecule has 0 atom stereocenters. The average molecular weight is 252 g/mol. The highest BCUT2D eigenvalue weighted by molar-refractivity contribution is 4.95. The topological polar surface area (TPSA) is 18.5 Å². The molecule has 16 heavy (non-hydrogen) atoms. The van der Waals surface area contributed by atoms with Crippen LogP contribution in [0.2, 0.25) is 0 Å². The van der Waals surface area contributed by atoms with Gasteiger partial charge in [-0.3, -0.25) is 0 Å². The van der Waals surface area contributed by atoms with E-state index in [1.165, 1.54) is 0 Å². The van der Waals surface area contributed by atoms with Crippen molar-refractivity contribution in [2.45, 2.75) is 12.2 Å². The number of hydrogen-bond acceptors (Lipinski definition) is 2. The molecule has 0 aromatic heterocycles. The molecule has 0 saturated heterocycles. The van der Waals surface area contributed by atoms with Crippen LogP contribution >= 0.6 is 0 Å². The van der Waals surface area contributed by atoms with E-state index < -0.39 is 38.8 Å². The lowest BCUT2D eigenvalue weighted by atomic mass is 10.3. The number of halogens is 6. The second-order valence-electron chi connectivity index (χ2n) is 2.87. The summed E-state index contributed by atoms with van der Waals surface area (Å²) >= 11 is 0. The Hall–Kier alpha value is -0.760. The monoisotopic (exact) mass is 252 g/mol. The lowest BCUT2D eigenvalue weighted by Crippen LogP contribution is -2.27. The van der Waals surface area contributed by atoms with Crippen molar-refractivity contribution in [3.63, 3.8) is 0 Å². The lowest BCUT2D eigenvalue weighted by molar-refractivity contribution is -0.251. The van der Waals surface area contributed by atoms with E-state index in [4.69, 9.17) is 0 Å². The van der Waals surface area contributed by atoms with Gasteiger partial charge in [0.2, 0.25) is 0 Å². The molecule has 0 heterocycles. The molecule has 8 heteroatoms. The van der Waals surface area contributed by atoms with Crippen molar-refractivity contribution in [3.8, 4) is 0 Å². The molecule has 0 spiro atoms. The van der Waals surface area contributed by atoms with E-state index in [0.29, 0.717) is 0 Å². The molecule has 0 aromatic rings. The average Bonchev–Trinajstić information content (AvgIpc) is 2.24. The zero-order valence-electron chi connectivity index (χ0n) is 8.12. The second kappa shape index (κ2) is 6.09. The molecule has 2 nitrogen and oxygen atoms in total. The molecule has 0 aliphatic heterocycles. The molecule has 0 N–H and O–H groups in total. The smallest absolute Gasteiger partial charge is 0.314 e. The van der Waals surface area contributed by atoms with Crippen molar-refractivity contribution in [1.29, 1.82) is 0 Å². The SMILES string of the molecule is C=C(COC(F)(F)CF)COC(F)(F)CF. The van der Waals surface area contributed by atoms with Crippen molar-refractivity contribution in [3.05, 3.63) is 12.2 Å². The van der Waals surface area contributed by atoms with E-state index in [1.807, 2.05) is 0 Å². The third-order valence-corrected chi connectivity index (χ3v) is 1.29. The second-order valence-corrected chi connectivity index (χ2v) is 2.87. The third-order valence-electron chi connectivity index (χ3n) is 1.29. The van der Waals surface area contributed by atoms with Gasteiger partial charge in [0.15, 0.2) is 13.3 Å². The van der Waals surface area contributed by atoms with Crippen molar-refractivity contribution < 1.29 is 35.8 Å². The van der Waals surface area contributed by atoms with Gasteiger partial charge in [0.25, 0.3) is 0 Å². The lowest BCUT2D eigenvalue weighted by Gasteiger charge is -2.16. The summed E-state index contributed by atoms with van der Waals surface area (Å²) in [5.74, 6) is 0. The van der Waals surface area contributed by atoms with Crippen LogP contribution in [0.3, 0.4) is 0 Å². The van der Waals surface area contributed by atoms with Crippen molar-refractivity contribution in [2.24, 2.45) is 0 Å². The largest absolute Gasteiger partial charge is 0.384 e. The fourth-order valence-corrected chi connectivity index (χ4v) is 0.534. The van der Waals surface area contributed by atoms with Gasteiger partial charge in [-0.05, 0) is 5.57 Å². The number of ether oxygens (including phenoxy) is 2. The predicted octanol–water partition coefficient (Wildman–Crippen LogP) is 2.70. The zero-order chi connectivity index (χ0) is 12.8. The van der Waals surface area contributed by atoms with Crippen LogP contribution in [0.15, 0.2) is 12.2 Å². The number of rotatable bonds is 8. The minimum Gasteiger partial charge on any atom is -0.314 e. The van der Waals surface area contributed by atoms with Crippen LogP contribution in [0.1, 0.15) is 0 Å². The Bertz CT molecular complexity index is 209. The van der Waals surface area contributed by atoms with Gasteiger partial charge >= 0.3 is 12.2 Å². The van der Waals surface area contributed by atoms with Gasteiger partial charge in [-0.2, -0.15) is 17.6 Å². The highest BCUT2D eigenvalue weighted by Gasteiger charge is 2.32. The first kappa shape index (κ1) is 15.2. The van der Waals surface area contributed by atoms with Gasteiger partial charge in [-0.1, -0.05) is 6.58 Å². The number of alkyl halides is 6. The van der Waals surface area contributed by atoms with Crippen LogP contribution in [-0.2, 0) is 9.47 Å². The van der Waals surface area contributed by atoms with Gasteiger partial charge < -0.3 is 9.47 Å². The Morgan fingerprint density at radius 3 is 1.44 bits per heavy atom. The molecule has 0 amide bonds. The van der Waals surface area contributed by atoms with Crippen LogP contribution in [0, 0.1) is 0 Å². The summed E-state index contributed by atoms with van der Waals surface area (Å²) in [4.78, 5) is 0. The molecule has 0 saturated carbocycles. The first-order valence-electron chi connectivity index (χ1n) is 4.04. The highest BCUT2D eigenvalue weighted by Crippen LogP contribution is 2.19. The third kappa shape index (κ3) is 6.67. The number of hydrogen-bond donors (Lipinski definition) is 0. The maximum Gasteiger partial charge on any atom is 0.384 e. The maximum atomic E-state index is 12.2. The normalized spacial score (nSPS) is 12.9. The van der Waals surface area contributed by atoms with Crippen molar-refractivity contribution in [2.75, 3.05) is 26.6 Å². The molecule has 0 bridgehead atoms. The quantitative estimate of drug-likeness (QED) is 0.488. The van der Waals surface area contributed by atoms with Crippen LogP contribution in [0.4, 0.5) is 26.3 Å². The van der Waals surface area contributed by atoms with E-state index in [0.717, 1.165) is 0 Å². The molecule has 0 fully saturated rings. The summed E-state index contributed by atoms with van der Waals surface area (Å²) in [5, 5.41) is 0. The van der Waals surface area contributed by atoms with Crippen LogP contribution in [-0.4, -0.2) is 38.8 Å². The van der Waals surface area contributed by atoms with Gasteiger partial charge in [0, 0.05) is 0 Å². The standard InChI is InChI=1S/C8H10F6O2/c1-6(2-15-7(11,12)4-9)3-16-8(13,14)5-10/h1-5H2. The molecular weight excluding hydrogens is 242 g/mol. The summed E-state index contributed by atoms with van der Waals surface area (Å²) in [6.45, 7) is -2.74. The zero-order valence-corrected chi connectivity index (χ0v) is 8.12. The van der Waals surface area contributed by atoms with Gasteiger partial charge in [0.05, 0.1) is 13.2 Å². The van der Waals surface area contributed by atoms with Crippen LogP contribution in [0.25, 0.3) is 0 Å². The summed E-state index contributed by atoms with van der Waals surface area (Å²) in [5.41, 5.74) is -0.291. The first-order chi connectivity index (χ1) is 7.22. The fourth-order valence-electron chi connectivity index (χ4n) is 0.534. The first-order valence-corrected chi connectivity index (χ1v) is 4.04. The predicted molar refractivity (Wildman–Crippen MR) is 42.9 cm³/mol. The molecule has 0 unspecified atom stereocenters. The van der Waals surface area contributed by atoms with E-state index >= 15 is 0 Å². The maximum absolute atomic E-state index is 12.2. The van der Waals surface area contributed by atoms with Crippen LogP contribution in [0.5, 0.6) is 0 Å². The molecule has 0 aromatic carbocycles. The molecule has 0 aliphatic carbocycles. The van der Waals surface area contributed by atoms with Crippen molar-refractivity contribution >= 4 is 0 Å². The Kier molecular flexibility index (Phi) is 5.80. The Morgan fingerprint density at radius 1 is 0.875 bits per heavy atom. The van der Waals surface area contributed by atoms with Gasteiger partial charge in [-0.25, -0.2) is 8.78 Å². The van der Waals surface area contributed by atoms with Gasteiger partial charge in [-0.15, -0.1) is 0 Å². The highest BCUT2D eigenvalue weighted by atomic mass is 19.3. The molecule has 0 rings (SSSR count). The van der Waals surface area contributed by atoms with E-state index in [2.05, 4.69) is 16.1 Å². The van der Waals surface area contributed by atoms with Crippen LogP contribution < -0.4 is 0 Å². The molecule has 96 valence electrons. The van der Waals surface area contributed by atoms with E-state index in [-0.39, 0.29) is 5.57 Å². The summed E-state index contributed by atoms with van der Waals surface area (Å²) in [6, 6.07) is 0. The minimum absolute atomic E-state index is 0.291. The van der Waals surface area contributed by atoms with Gasteiger partial charge in [0.1, 0.15) is 0 Å². The molecular formula is C8H10F6O2. The molecule has 0 radical (unpaired) electrons. The summed E-state index contributed by atoms with van der Waals surface area (Å²) < 4.78 is 79.2. The van der Waals surface area contributed by atoms with Crippen molar-refractivity contribution in [1.82, 2.24) is 0 Å². The summed E-state index contributed by atoms with van der Waals surface area (Å²) in [6.07, 6.45) is -7.99. The van der Waals surface area contributed by atoms with E-state index in [1.54, 1.807) is 0 Å². The molecule has 0 aliphatic rings. The Balaban J connectivity index is 3.85. The Labute approximate surface area is 87.8 Å². The summed E-state index contributed by atoms with van der Waals surface area (Å²) in [7, 11) is 0. The van der Waals surface area contributed by atoms with E-state index in [9.17, 15) is 26.3 Å². The fraction of sp³-hybridized carbons (Fsp3) is 0.750. The minimum atomic E-state index is -3.99.